The molecule has 0 saturated heterocycles. The lowest BCUT2D eigenvalue weighted by atomic mass is 9.96. The first kappa shape index (κ1) is 21.1. The lowest BCUT2D eigenvalue weighted by Crippen LogP contribution is -2.40. The lowest BCUT2D eigenvalue weighted by Gasteiger charge is -2.23. The Balaban J connectivity index is 1.53. The summed E-state index contributed by atoms with van der Waals surface area (Å²) in [7, 11) is 1.64. The van der Waals surface area contributed by atoms with E-state index in [0.717, 1.165) is 11.1 Å². The number of hydrazone groups is 1. The molecule has 0 spiro atoms. The fraction of sp³-hybridized carbons (Fsp3) is 0.391. The second-order valence-electron chi connectivity index (χ2n) is 7.37. The number of hydrogen-bond acceptors (Lipinski definition) is 4. The molecule has 0 unspecified atom stereocenters. The highest BCUT2D eigenvalue weighted by atomic mass is 32.1. The van der Waals surface area contributed by atoms with Crippen LogP contribution in [0.25, 0.3) is 0 Å². The van der Waals surface area contributed by atoms with E-state index in [1.807, 2.05) is 24.3 Å². The van der Waals surface area contributed by atoms with Crippen molar-refractivity contribution in [1.82, 2.24) is 10.7 Å². The van der Waals surface area contributed by atoms with Crippen LogP contribution in [-0.2, 0) is 6.61 Å². The highest BCUT2D eigenvalue weighted by Gasteiger charge is 2.13. The monoisotopic (exact) mass is 411 g/mol. The first-order valence-electron chi connectivity index (χ1n) is 10.1. The summed E-state index contributed by atoms with van der Waals surface area (Å²) in [6.07, 6.45) is 7.92. The number of hydrogen-bond donors (Lipinski definition) is 2. The van der Waals surface area contributed by atoms with E-state index in [9.17, 15) is 0 Å². The van der Waals surface area contributed by atoms with Gasteiger partial charge >= 0.3 is 0 Å². The molecule has 0 aliphatic heterocycles. The molecule has 29 heavy (non-hydrogen) atoms. The minimum Gasteiger partial charge on any atom is -0.493 e. The van der Waals surface area contributed by atoms with Crippen LogP contribution in [0.1, 0.15) is 48.8 Å². The third-order valence-electron chi connectivity index (χ3n) is 4.98. The quantitative estimate of drug-likeness (QED) is 0.392. The van der Waals surface area contributed by atoms with Crippen molar-refractivity contribution in [3.05, 3.63) is 59.2 Å². The summed E-state index contributed by atoms with van der Waals surface area (Å²) >= 11 is 5.33. The number of nitrogens with one attached hydrogen (secondary N) is 2. The zero-order chi connectivity index (χ0) is 20.5. The highest BCUT2D eigenvalue weighted by molar-refractivity contribution is 7.80. The standard InChI is InChI=1S/C23H29N3O2S/c1-17-7-6-8-19(13-17)16-28-21-12-11-18(14-22(21)27-2)15-24-26-23(29)25-20-9-4-3-5-10-20/h6-8,11-15,20H,3-5,9-10,16H2,1-2H3,(H2,25,26,29)/b24-15+. The van der Waals surface area contributed by atoms with Crippen LogP contribution in [0, 0.1) is 6.92 Å². The fourth-order valence-electron chi connectivity index (χ4n) is 3.48. The van der Waals surface area contributed by atoms with Crippen molar-refractivity contribution in [3.8, 4) is 11.5 Å². The number of aryl methyl sites for hydroxylation is 1. The van der Waals surface area contributed by atoms with Crippen LogP contribution >= 0.6 is 12.2 Å². The molecule has 154 valence electrons. The van der Waals surface area contributed by atoms with Crippen molar-refractivity contribution in [3.63, 3.8) is 0 Å². The molecule has 2 aromatic rings. The Morgan fingerprint density at radius 1 is 1.14 bits per heavy atom. The summed E-state index contributed by atoms with van der Waals surface area (Å²) in [4.78, 5) is 0. The topological polar surface area (TPSA) is 54.9 Å². The molecular weight excluding hydrogens is 382 g/mol. The Morgan fingerprint density at radius 3 is 2.72 bits per heavy atom. The summed E-state index contributed by atoms with van der Waals surface area (Å²) in [5.74, 6) is 1.37. The molecule has 0 amide bonds. The van der Waals surface area contributed by atoms with E-state index in [-0.39, 0.29) is 0 Å². The molecule has 2 N–H and O–H groups in total. The number of benzene rings is 2. The van der Waals surface area contributed by atoms with Crippen LogP contribution < -0.4 is 20.2 Å². The second kappa shape index (κ2) is 10.8. The molecular formula is C23H29N3O2S. The number of rotatable bonds is 7. The summed E-state index contributed by atoms with van der Waals surface area (Å²) in [6, 6.07) is 14.5. The van der Waals surface area contributed by atoms with Gasteiger partial charge in [0.2, 0.25) is 0 Å². The molecule has 3 rings (SSSR count). The van der Waals surface area contributed by atoms with Gasteiger partial charge in [-0.05, 0) is 61.3 Å². The number of ether oxygens (including phenoxy) is 2. The van der Waals surface area contributed by atoms with Crippen LogP contribution in [0.2, 0.25) is 0 Å². The first-order valence-corrected chi connectivity index (χ1v) is 10.5. The summed E-state index contributed by atoms with van der Waals surface area (Å²) in [5, 5.41) is 8.14. The first-order chi connectivity index (χ1) is 14.1. The fourth-order valence-corrected chi connectivity index (χ4v) is 3.70. The Morgan fingerprint density at radius 2 is 1.97 bits per heavy atom. The third kappa shape index (κ3) is 6.75. The van der Waals surface area contributed by atoms with Crippen LogP contribution in [0.4, 0.5) is 0 Å². The molecule has 0 bridgehead atoms. The zero-order valence-electron chi connectivity index (χ0n) is 17.1. The molecule has 5 nitrogen and oxygen atoms in total. The van der Waals surface area contributed by atoms with Crippen molar-refractivity contribution >= 4 is 23.5 Å². The van der Waals surface area contributed by atoms with Gasteiger partial charge in [0.15, 0.2) is 16.6 Å². The van der Waals surface area contributed by atoms with E-state index in [0.29, 0.717) is 29.3 Å². The molecule has 0 radical (unpaired) electrons. The van der Waals surface area contributed by atoms with Gasteiger partial charge in [0.25, 0.3) is 0 Å². The SMILES string of the molecule is COc1cc(/C=N/NC(=S)NC2CCCCC2)ccc1OCc1cccc(C)c1. The second-order valence-corrected chi connectivity index (χ2v) is 7.77. The van der Waals surface area contributed by atoms with Gasteiger partial charge < -0.3 is 14.8 Å². The number of nitrogens with zero attached hydrogens (tertiary/aromatic N) is 1. The Bertz CT molecular complexity index is 848. The largest absolute Gasteiger partial charge is 0.493 e. The van der Waals surface area contributed by atoms with Crippen LogP contribution in [0.5, 0.6) is 11.5 Å². The smallest absolute Gasteiger partial charge is 0.187 e. The average Bonchev–Trinajstić information content (AvgIpc) is 2.73. The van der Waals surface area contributed by atoms with Crippen molar-refractivity contribution in [2.45, 2.75) is 51.7 Å². The van der Waals surface area contributed by atoms with E-state index < -0.39 is 0 Å². The van der Waals surface area contributed by atoms with E-state index in [2.05, 4.69) is 41.0 Å². The maximum absolute atomic E-state index is 5.94. The van der Waals surface area contributed by atoms with E-state index in [4.69, 9.17) is 21.7 Å². The predicted molar refractivity (Wildman–Crippen MR) is 122 cm³/mol. The number of thiocarbonyl (C=S) groups is 1. The van der Waals surface area contributed by atoms with E-state index in [1.165, 1.54) is 37.7 Å². The van der Waals surface area contributed by atoms with Gasteiger partial charge in [0.1, 0.15) is 6.61 Å². The molecule has 2 aromatic carbocycles. The normalized spacial score (nSPS) is 14.6. The van der Waals surface area contributed by atoms with Crippen LogP contribution in [-0.4, -0.2) is 24.5 Å². The van der Waals surface area contributed by atoms with Crippen molar-refractivity contribution in [1.29, 1.82) is 0 Å². The number of methoxy groups -OCH3 is 1. The average molecular weight is 412 g/mol. The highest BCUT2D eigenvalue weighted by Crippen LogP contribution is 2.28. The molecule has 1 aliphatic carbocycles. The molecule has 1 fully saturated rings. The molecule has 1 aliphatic rings. The summed E-state index contributed by atoms with van der Waals surface area (Å²) in [5.41, 5.74) is 6.14. The van der Waals surface area contributed by atoms with E-state index in [1.54, 1.807) is 13.3 Å². The molecule has 0 heterocycles. The van der Waals surface area contributed by atoms with Gasteiger partial charge in [-0.15, -0.1) is 0 Å². The minimum atomic E-state index is 0.462. The third-order valence-corrected chi connectivity index (χ3v) is 5.19. The van der Waals surface area contributed by atoms with Gasteiger partial charge in [0, 0.05) is 6.04 Å². The predicted octanol–water partition coefficient (Wildman–Crippen LogP) is 4.71. The Labute approximate surface area is 178 Å². The van der Waals surface area contributed by atoms with Crippen molar-refractivity contribution in [2.24, 2.45) is 5.10 Å². The van der Waals surface area contributed by atoms with Gasteiger partial charge in [-0.1, -0.05) is 49.1 Å². The van der Waals surface area contributed by atoms with Crippen molar-refractivity contribution < 1.29 is 9.47 Å². The van der Waals surface area contributed by atoms with E-state index >= 15 is 0 Å². The molecule has 1 saturated carbocycles. The lowest BCUT2D eigenvalue weighted by molar-refractivity contribution is 0.284. The van der Waals surface area contributed by atoms with Gasteiger partial charge in [-0.3, -0.25) is 5.43 Å². The molecule has 6 heteroatoms. The molecule has 0 atom stereocenters. The Hall–Kier alpha value is -2.60. The van der Waals surface area contributed by atoms with Crippen molar-refractivity contribution in [2.75, 3.05) is 7.11 Å². The van der Waals surface area contributed by atoms with Gasteiger partial charge in [-0.25, -0.2) is 0 Å². The van der Waals surface area contributed by atoms with Crippen LogP contribution in [0.3, 0.4) is 0 Å². The Kier molecular flexibility index (Phi) is 7.87. The molecule has 0 aromatic heterocycles. The minimum absolute atomic E-state index is 0.462. The van der Waals surface area contributed by atoms with Gasteiger partial charge in [-0.2, -0.15) is 5.10 Å². The summed E-state index contributed by atoms with van der Waals surface area (Å²) in [6.45, 7) is 2.57. The zero-order valence-corrected chi connectivity index (χ0v) is 17.9. The summed E-state index contributed by atoms with van der Waals surface area (Å²) < 4.78 is 11.4. The van der Waals surface area contributed by atoms with Crippen LogP contribution in [0.15, 0.2) is 47.6 Å². The maximum Gasteiger partial charge on any atom is 0.187 e. The van der Waals surface area contributed by atoms with Gasteiger partial charge in [0.05, 0.1) is 13.3 Å². The maximum atomic E-state index is 5.94.